The van der Waals surface area contributed by atoms with Gasteiger partial charge in [-0.05, 0) is 69.2 Å². The molecule has 1 aliphatic rings. The van der Waals surface area contributed by atoms with E-state index in [0.29, 0.717) is 42.4 Å². The standard InChI is InChI=1S/C25H25N5O3/c1-5-29-21-9-7-17(11-20(21)26-16(4)25(29)32)23-27-24(33-28-23)18-12-22(31)30(13-18)19-8-6-14(2)15(3)10-19/h6-11,18H,5,12-13H2,1-4H3. The molecule has 8 heteroatoms. The van der Waals surface area contributed by atoms with E-state index in [0.717, 1.165) is 22.3 Å². The fraction of sp³-hybridized carbons (Fsp3) is 0.320. The molecule has 0 saturated carbocycles. The number of rotatable bonds is 4. The smallest absolute Gasteiger partial charge is 0.272 e. The summed E-state index contributed by atoms with van der Waals surface area (Å²) in [6, 6.07) is 11.6. The Kier molecular flexibility index (Phi) is 5.08. The van der Waals surface area contributed by atoms with Crippen LogP contribution in [0.25, 0.3) is 22.4 Å². The van der Waals surface area contributed by atoms with Gasteiger partial charge in [0.2, 0.25) is 17.6 Å². The van der Waals surface area contributed by atoms with Gasteiger partial charge in [0.15, 0.2) is 0 Å². The third-order valence-electron chi connectivity index (χ3n) is 6.40. The lowest BCUT2D eigenvalue weighted by Crippen LogP contribution is -2.24. The minimum atomic E-state index is -0.161. The summed E-state index contributed by atoms with van der Waals surface area (Å²) in [5.41, 5.74) is 5.83. The summed E-state index contributed by atoms with van der Waals surface area (Å²) in [5.74, 6) is 0.780. The summed E-state index contributed by atoms with van der Waals surface area (Å²) >= 11 is 0. The molecule has 0 radical (unpaired) electrons. The van der Waals surface area contributed by atoms with Gasteiger partial charge >= 0.3 is 0 Å². The van der Waals surface area contributed by atoms with Crippen molar-refractivity contribution in [2.75, 3.05) is 11.4 Å². The molecule has 1 amide bonds. The van der Waals surface area contributed by atoms with Crippen LogP contribution in [0, 0.1) is 20.8 Å². The lowest BCUT2D eigenvalue weighted by atomic mass is 10.1. The molecule has 0 aliphatic carbocycles. The van der Waals surface area contributed by atoms with E-state index < -0.39 is 0 Å². The first-order chi connectivity index (χ1) is 15.9. The van der Waals surface area contributed by atoms with Crippen molar-refractivity contribution in [2.45, 2.75) is 46.6 Å². The highest BCUT2D eigenvalue weighted by atomic mass is 16.5. The highest BCUT2D eigenvalue weighted by Crippen LogP contribution is 2.33. The van der Waals surface area contributed by atoms with Crippen LogP contribution in [-0.2, 0) is 11.3 Å². The van der Waals surface area contributed by atoms with Crippen LogP contribution < -0.4 is 10.5 Å². The van der Waals surface area contributed by atoms with Crippen LogP contribution in [0.4, 0.5) is 5.69 Å². The second-order valence-electron chi connectivity index (χ2n) is 8.58. The SMILES string of the molecule is CCn1c(=O)c(C)nc2cc(-c3noc(C4CC(=O)N(c5ccc(C)c(C)c5)C4)n3)ccc21. The first-order valence-electron chi connectivity index (χ1n) is 11.1. The molecule has 1 fully saturated rings. The zero-order chi connectivity index (χ0) is 23.3. The van der Waals surface area contributed by atoms with Crippen molar-refractivity contribution in [3.63, 3.8) is 0 Å². The largest absolute Gasteiger partial charge is 0.339 e. The Morgan fingerprint density at radius 3 is 2.61 bits per heavy atom. The fourth-order valence-electron chi connectivity index (χ4n) is 4.36. The lowest BCUT2D eigenvalue weighted by Gasteiger charge is -2.17. The van der Waals surface area contributed by atoms with Gasteiger partial charge in [0.1, 0.15) is 5.69 Å². The highest BCUT2D eigenvalue weighted by Gasteiger charge is 2.35. The zero-order valence-electron chi connectivity index (χ0n) is 19.1. The predicted molar refractivity (Wildman–Crippen MR) is 125 cm³/mol. The average molecular weight is 444 g/mol. The number of benzene rings is 2. The maximum Gasteiger partial charge on any atom is 0.272 e. The fourth-order valence-corrected chi connectivity index (χ4v) is 4.36. The quantitative estimate of drug-likeness (QED) is 0.475. The normalized spacial score (nSPS) is 16.2. The molecule has 1 aliphatic heterocycles. The Morgan fingerprint density at radius 2 is 1.85 bits per heavy atom. The topological polar surface area (TPSA) is 94.1 Å². The number of nitrogens with zero attached hydrogens (tertiary/aromatic N) is 5. The molecule has 1 atom stereocenters. The Bertz CT molecular complexity index is 1450. The van der Waals surface area contributed by atoms with E-state index in [-0.39, 0.29) is 17.4 Å². The second kappa shape index (κ2) is 7.95. The molecule has 168 valence electrons. The van der Waals surface area contributed by atoms with E-state index in [2.05, 4.69) is 22.0 Å². The van der Waals surface area contributed by atoms with Gasteiger partial charge in [-0.3, -0.25) is 9.59 Å². The molecule has 0 bridgehead atoms. The number of aryl methyl sites for hydroxylation is 4. The first-order valence-corrected chi connectivity index (χ1v) is 11.1. The number of carbonyl (C=O) groups excluding carboxylic acids is 1. The molecule has 3 heterocycles. The Balaban J connectivity index is 1.43. The number of fused-ring (bicyclic) bond motifs is 1. The van der Waals surface area contributed by atoms with Crippen molar-refractivity contribution >= 4 is 22.6 Å². The van der Waals surface area contributed by atoms with Crippen molar-refractivity contribution in [2.24, 2.45) is 0 Å². The van der Waals surface area contributed by atoms with Crippen molar-refractivity contribution in [3.05, 3.63) is 69.5 Å². The minimum Gasteiger partial charge on any atom is -0.339 e. The molecule has 4 aromatic rings. The first kappa shape index (κ1) is 21.1. The van der Waals surface area contributed by atoms with Crippen molar-refractivity contribution < 1.29 is 9.32 Å². The van der Waals surface area contributed by atoms with Gasteiger partial charge in [-0.15, -0.1) is 0 Å². The molecule has 0 N–H and O–H groups in total. The molecule has 0 spiro atoms. The van der Waals surface area contributed by atoms with E-state index in [4.69, 9.17) is 4.52 Å². The third kappa shape index (κ3) is 3.61. The molecule has 1 saturated heterocycles. The number of amides is 1. The third-order valence-corrected chi connectivity index (χ3v) is 6.40. The molecular formula is C25H25N5O3. The second-order valence-corrected chi connectivity index (χ2v) is 8.58. The maximum absolute atomic E-state index is 12.7. The Labute approximate surface area is 190 Å². The molecule has 2 aromatic carbocycles. The maximum atomic E-state index is 12.7. The van der Waals surface area contributed by atoms with Crippen molar-refractivity contribution in [1.82, 2.24) is 19.7 Å². The van der Waals surface area contributed by atoms with Crippen molar-refractivity contribution in [3.8, 4) is 11.4 Å². The summed E-state index contributed by atoms with van der Waals surface area (Å²) in [6.07, 6.45) is 0.329. The van der Waals surface area contributed by atoms with Gasteiger partial charge in [-0.25, -0.2) is 4.98 Å². The zero-order valence-corrected chi connectivity index (χ0v) is 19.1. The molecule has 33 heavy (non-hydrogen) atoms. The highest BCUT2D eigenvalue weighted by molar-refractivity contribution is 5.96. The van der Waals surface area contributed by atoms with E-state index in [9.17, 15) is 9.59 Å². The monoisotopic (exact) mass is 443 g/mol. The van der Waals surface area contributed by atoms with Crippen LogP contribution in [0.5, 0.6) is 0 Å². The molecule has 5 rings (SSSR count). The van der Waals surface area contributed by atoms with Crippen LogP contribution in [-0.4, -0.2) is 32.1 Å². The molecule has 1 unspecified atom stereocenters. The summed E-state index contributed by atoms with van der Waals surface area (Å²) in [5, 5.41) is 4.16. The number of aromatic nitrogens is 4. The minimum absolute atomic E-state index is 0.0471. The summed E-state index contributed by atoms with van der Waals surface area (Å²) in [4.78, 5) is 35.9. The van der Waals surface area contributed by atoms with E-state index >= 15 is 0 Å². The van der Waals surface area contributed by atoms with E-state index in [1.807, 2.05) is 50.2 Å². The number of carbonyl (C=O) groups is 1. The van der Waals surface area contributed by atoms with Gasteiger partial charge in [-0.2, -0.15) is 4.98 Å². The van der Waals surface area contributed by atoms with Crippen LogP contribution in [0.3, 0.4) is 0 Å². The molecule has 2 aromatic heterocycles. The molecular weight excluding hydrogens is 418 g/mol. The molecule has 8 nitrogen and oxygen atoms in total. The van der Waals surface area contributed by atoms with Gasteiger partial charge < -0.3 is 14.0 Å². The summed E-state index contributed by atoms with van der Waals surface area (Å²) < 4.78 is 7.27. The Morgan fingerprint density at radius 1 is 1.03 bits per heavy atom. The number of anilines is 1. The van der Waals surface area contributed by atoms with Crippen LogP contribution in [0.2, 0.25) is 0 Å². The number of hydrogen-bond acceptors (Lipinski definition) is 6. The van der Waals surface area contributed by atoms with Crippen molar-refractivity contribution in [1.29, 1.82) is 0 Å². The summed E-state index contributed by atoms with van der Waals surface area (Å²) in [6.45, 7) is 8.82. The van der Waals surface area contributed by atoms with Gasteiger partial charge in [0.25, 0.3) is 5.56 Å². The van der Waals surface area contributed by atoms with Crippen LogP contribution in [0.1, 0.15) is 42.0 Å². The van der Waals surface area contributed by atoms with E-state index in [1.165, 1.54) is 5.56 Å². The summed E-state index contributed by atoms with van der Waals surface area (Å²) in [7, 11) is 0. The number of hydrogen-bond donors (Lipinski definition) is 0. The lowest BCUT2D eigenvalue weighted by molar-refractivity contribution is -0.117. The van der Waals surface area contributed by atoms with E-state index in [1.54, 1.807) is 16.4 Å². The predicted octanol–water partition coefficient (Wildman–Crippen LogP) is 3.91. The van der Waals surface area contributed by atoms with Gasteiger partial charge in [-0.1, -0.05) is 11.2 Å². The van der Waals surface area contributed by atoms with Gasteiger partial charge in [0, 0.05) is 30.8 Å². The van der Waals surface area contributed by atoms with Crippen LogP contribution in [0.15, 0.2) is 45.7 Å². The van der Waals surface area contributed by atoms with Crippen LogP contribution >= 0.6 is 0 Å². The average Bonchev–Trinajstić information content (AvgIpc) is 3.43. The Hall–Kier alpha value is -3.81. The van der Waals surface area contributed by atoms with Gasteiger partial charge in [0.05, 0.1) is 17.0 Å².